The third-order valence-corrected chi connectivity index (χ3v) is 2.65. The molecule has 0 fully saturated rings. The van der Waals surface area contributed by atoms with Gasteiger partial charge in [-0.1, -0.05) is 25.1 Å². The molecule has 0 saturated carbocycles. The molecule has 112 valence electrons. The molecule has 2 rings (SSSR count). The predicted molar refractivity (Wildman–Crippen MR) is 74.5 cm³/mol. The van der Waals surface area contributed by atoms with Gasteiger partial charge in [-0.15, -0.1) is 0 Å². The average Bonchev–Trinajstić information content (AvgIpc) is 2.45. The number of halogens is 3. The first-order valence-corrected chi connectivity index (χ1v) is 6.55. The summed E-state index contributed by atoms with van der Waals surface area (Å²) in [4.78, 5) is 4.05. The van der Waals surface area contributed by atoms with Gasteiger partial charge >= 0.3 is 6.18 Å². The molecule has 0 saturated heterocycles. The first-order valence-electron chi connectivity index (χ1n) is 6.55. The summed E-state index contributed by atoms with van der Waals surface area (Å²) in [6, 6.07) is 10.4. The zero-order valence-corrected chi connectivity index (χ0v) is 11.4. The Balaban J connectivity index is 2.30. The fourth-order valence-corrected chi connectivity index (χ4v) is 1.67. The summed E-state index contributed by atoms with van der Waals surface area (Å²) >= 11 is 0. The standard InChI is InChI=1S/C15H15F3N2O/c1-2-8-19-13-9-11(15(16,17)18)10-14(20-13)21-12-6-4-3-5-7-12/h3-7,9-10H,2,8H2,1H3,(H,19,20). The maximum Gasteiger partial charge on any atom is 0.416 e. The maximum atomic E-state index is 12.9. The Hall–Kier alpha value is -2.24. The second-order valence-corrected chi connectivity index (χ2v) is 4.42. The van der Waals surface area contributed by atoms with Gasteiger partial charge < -0.3 is 10.1 Å². The van der Waals surface area contributed by atoms with Crippen molar-refractivity contribution in [2.24, 2.45) is 0 Å². The van der Waals surface area contributed by atoms with Gasteiger partial charge in [-0.05, 0) is 24.6 Å². The molecule has 1 N–H and O–H groups in total. The first-order chi connectivity index (χ1) is 9.99. The number of anilines is 1. The van der Waals surface area contributed by atoms with Gasteiger partial charge in [-0.3, -0.25) is 0 Å². The smallest absolute Gasteiger partial charge is 0.416 e. The van der Waals surface area contributed by atoms with E-state index in [4.69, 9.17) is 4.74 Å². The van der Waals surface area contributed by atoms with Gasteiger partial charge in [0, 0.05) is 12.6 Å². The van der Waals surface area contributed by atoms with Crippen molar-refractivity contribution in [1.82, 2.24) is 4.98 Å². The fourth-order valence-electron chi connectivity index (χ4n) is 1.67. The van der Waals surface area contributed by atoms with E-state index in [2.05, 4.69) is 10.3 Å². The monoisotopic (exact) mass is 296 g/mol. The zero-order valence-electron chi connectivity index (χ0n) is 11.4. The lowest BCUT2D eigenvalue weighted by Crippen LogP contribution is -2.09. The minimum Gasteiger partial charge on any atom is -0.439 e. The summed E-state index contributed by atoms with van der Waals surface area (Å²) in [5.74, 6) is 0.498. The van der Waals surface area contributed by atoms with Crippen LogP contribution in [0.5, 0.6) is 11.6 Å². The van der Waals surface area contributed by atoms with Crippen LogP contribution in [0.2, 0.25) is 0 Å². The van der Waals surface area contributed by atoms with Crippen LogP contribution < -0.4 is 10.1 Å². The van der Waals surface area contributed by atoms with Gasteiger partial charge in [0.2, 0.25) is 5.88 Å². The highest BCUT2D eigenvalue weighted by molar-refractivity contribution is 5.43. The molecule has 2 aromatic rings. The van der Waals surface area contributed by atoms with E-state index >= 15 is 0 Å². The summed E-state index contributed by atoms with van der Waals surface area (Å²) in [7, 11) is 0. The number of nitrogens with zero attached hydrogens (tertiary/aromatic N) is 1. The number of alkyl halides is 3. The molecule has 0 radical (unpaired) electrons. The molecule has 0 aliphatic carbocycles. The van der Waals surface area contributed by atoms with Crippen molar-refractivity contribution < 1.29 is 17.9 Å². The van der Waals surface area contributed by atoms with Crippen LogP contribution in [0, 0.1) is 0 Å². The Labute approximate surface area is 120 Å². The Kier molecular flexibility index (Phi) is 4.67. The molecule has 0 amide bonds. The summed E-state index contributed by atoms with van der Waals surface area (Å²) in [6.45, 7) is 2.46. The molecule has 1 aromatic heterocycles. The van der Waals surface area contributed by atoms with E-state index in [9.17, 15) is 13.2 Å². The summed E-state index contributed by atoms with van der Waals surface area (Å²) in [5, 5.41) is 2.84. The van der Waals surface area contributed by atoms with Crippen molar-refractivity contribution in [3.05, 3.63) is 48.0 Å². The number of aromatic nitrogens is 1. The summed E-state index contributed by atoms with van der Waals surface area (Å²) in [6.07, 6.45) is -3.66. The van der Waals surface area contributed by atoms with Crippen molar-refractivity contribution in [3.63, 3.8) is 0 Å². The van der Waals surface area contributed by atoms with Crippen molar-refractivity contribution in [3.8, 4) is 11.6 Å². The molecule has 0 bridgehead atoms. The molecule has 1 aromatic carbocycles. The Morgan fingerprint density at radius 2 is 1.86 bits per heavy atom. The first kappa shape index (κ1) is 15.2. The number of hydrogen-bond donors (Lipinski definition) is 1. The maximum absolute atomic E-state index is 12.9. The molecule has 0 unspecified atom stereocenters. The average molecular weight is 296 g/mol. The van der Waals surface area contributed by atoms with Gasteiger partial charge in [0.1, 0.15) is 11.6 Å². The highest BCUT2D eigenvalue weighted by atomic mass is 19.4. The molecule has 1 heterocycles. The summed E-state index contributed by atoms with van der Waals surface area (Å²) < 4.78 is 44.1. The SMILES string of the molecule is CCCNc1cc(C(F)(F)F)cc(Oc2ccccc2)n1. The lowest BCUT2D eigenvalue weighted by molar-refractivity contribution is -0.137. The van der Waals surface area contributed by atoms with Gasteiger partial charge in [0.25, 0.3) is 0 Å². The van der Waals surface area contributed by atoms with Crippen LogP contribution >= 0.6 is 0 Å². The van der Waals surface area contributed by atoms with E-state index in [0.29, 0.717) is 12.3 Å². The van der Waals surface area contributed by atoms with Crippen LogP contribution in [-0.2, 0) is 6.18 Å². The molecule has 21 heavy (non-hydrogen) atoms. The minimum absolute atomic E-state index is 0.0883. The highest BCUT2D eigenvalue weighted by Crippen LogP contribution is 2.33. The second-order valence-electron chi connectivity index (χ2n) is 4.42. The number of rotatable bonds is 5. The van der Waals surface area contributed by atoms with Gasteiger partial charge in [0.15, 0.2) is 0 Å². The van der Waals surface area contributed by atoms with Crippen LogP contribution in [0.3, 0.4) is 0 Å². The lowest BCUT2D eigenvalue weighted by Gasteiger charge is -2.13. The van der Waals surface area contributed by atoms with Crippen LogP contribution in [-0.4, -0.2) is 11.5 Å². The highest BCUT2D eigenvalue weighted by Gasteiger charge is 2.32. The van der Waals surface area contributed by atoms with Crippen LogP contribution in [0.4, 0.5) is 19.0 Å². The Bertz CT molecular complexity index is 585. The Morgan fingerprint density at radius 3 is 2.48 bits per heavy atom. The van der Waals surface area contributed by atoms with Crippen molar-refractivity contribution in [1.29, 1.82) is 0 Å². The third kappa shape index (κ3) is 4.37. The van der Waals surface area contributed by atoms with E-state index in [0.717, 1.165) is 18.6 Å². The van der Waals surface area contributed by atoms with E-state index in [1.807, 2.05) is 6.92 Å². The number of ether oxygens (including phenoxy) is 1. The molecule has 3 nitrogen and oxygen atoms in total. The normalized spacial score (nSPS) is 11.2. The number of para-hydroxylation sites is 1. The van der Waals surface area contributed by atoms with E-state index in [-0.39, 0.29) is 11.7 Å². The largest absolute Gasteiger partial charge is 0.439 e. The van der Waals surface area contributed by atoms with Gasteiger partial charge in [-0.2, -0.15) is 18.2 Å². The molecule has 0 aliphatic heterocycles. The van der Waals surface area contributed by atoms with Crippen LogP contribution in [0.1, 0.15) is 18.9 Å². The molecular formula is C15H15F3N2O. The molecule has 0 spiro atoms. The van der Waals surface area contributed by atoms with E-state index in [1.54, 1.807) is 30.3 Å². The molecule has 0 aliphatic rings. The zero-order chi connectivity index (χ0) is 15.3. The molecule has 0 atom stereocenters. The number of hydrogen-bond acceptors (Lipinski definition) is 3. The van der Waals surface area contributed by atoms with Crippen LogP contribution in [0.15, 0.2) is 42.5 Å². The number of nitrogens with one attached hydrogen (secondary N) is 1. The second kappa shape index (κ2) is 6.47. The molecule has 6 heteroatoms. The number of pyridine rings is 1. The predicted octanol–water partition coefficient (Wildman–Crippen LogP) is 4.71. The third-order valence-electron chi connectivity index (χ3n) is 2.65. The fraction of sp³-hybridized carbons (Fsp3) is 0.267. The molecular weight excluding hydrogens is 281 g/mol. The van der Waals surface area contributed by atoms with Crippen molar-refractivity contribution in [2.45, 2.75) is 19.5 Å². The topological polar surface area (TPSA) is 34.1 Å². The number of benzene rings is 1. The summed E-state index contributed by atoms with van der Waals surface area (Å²) in [5.41, 5.74) is -0.790. The van der Waals surface area contributed by atoms with E-state index < -0.39 is 11.7 Å². The Morgan fingerprint density at radius 1 is 1.14 bits per heavy atom. The lowest BCUT2D eigenvalue weighted by atomic mass is 10.2. The van der Waals surface area contributed by atoms with E-state index in [1.165, 1.54) is 0 Å². The van der Waals surface area contributed by atoms with Crippen molar-refractivity contribution >= 4 is 5.82 Å². The quantitative estimate of drug-likeness (QED) is 0.867. The van der Waals surface area contributed by atoms with Gasteiger partial charge in [-0.25, -0.2) is 0 Å². The minimum atomic E-state index is -4.44. The van der Waals surface area contributed by atoms with Crippen LogP contribution in [0.25, 0.3) is 0 Å². The van der Waals surface area contributed by atoms with Gasteiger partial charge in [0.05, 0.1) is 5.56 Å². The van der Waals surface area contributed by atoms with Crippen molar-refractivity contribution in [2.75, 3.05) is 11.9 Å².